The molecule has 5 heteroatoms. The van der Waals surface area contributed by atoms with Crippen LogP contribution in [0.3, 0.4) is 0 Å². The normalized spacial score (nSPS) is 17.1. The molecule has 1 spiro atoms. The Balaban J connectivity index is 1.33. The van der Waals surface area contributed by atoms with Crippen LogP contribution < -0.4 is 23.8 Å². The second-order valence-corrected chi connectivity index (χ2v) is 19.9. The van der Waals surface area contributed by atoms with Crippen molar-refractivity contribution in [2.75, 3.05) is 39.3 Å². The smallest absolute Gasteiger partial charge is 0.178 e. The Morgan fingerprint density at radius 2 is 1.21 bits per heavy atom. The van der Waals surface area contributed by atoms with E-state index in [0.717, 1.165) is 82.0 Å². The van der Waals surface area contributed by atoms with Crippen LogP contribution in [-0.2, 0) is 11.0 Å². The van der Waals surface area contributed by atoms with Crippen molar-refractivity contribution in [3.05, 3.63) is 143 Å². The molecule has 1 fully saturated rings. The standard InChI is InChI=1S/C58H65NO4/c1-10-12-32-59(33-13-11-2)42-24-18-39(19-25-42)47-34-49-48(35-51(47)62-9)52-45-16-14-15-17-50(45)57(37-55(3,4)36-56(5,6)38-57)53(52)46-30-31-58(63-54(46)49,40-20-26-43(60-7)27-21-40)41-22-28-44(61-8)29-23-41/h14-31,34-35H,10-13,32-33,36-38H2,1-9H3. The predicted octanol–water partition coefficient (Wildman–Crippen LogP) is 14.8. The van der Waals surface area contributed by atoms with Crippen LogP contribution in [0.4, 0.5) is 5.69 Å². The zero-order valence-electron chi connectivity index (χ0n) is 39.0. The molecular formula is C58H65NO4. The van der Waals surface area contributed by atoms with Gasteiger partial charge in [0.25, 0.3) is 0 Å². The van der Waals surface area contributed by atoms with E-state index in [9.17, 15) is 0 Å². The van der Waals surface area contributed by atoms with Gasteiger partial charge < -0.3 is 23.8 Å². The molecule has 0 unspecified atom stereocenters. The molecule has 63 heavy (non-hydrogen) atoms. The maximum Gasteiger partial charge on any atom is 0.178 e. The number of fused-ring (bicyclic) bond motifs is 10. The van der Waals surface area contributed by atoms with E-state index in [0.29, 0.717) is 0 Å². The Hall–Kier alpha value is -5.68. The number of methoxy groups -OCH3 is 3. The molecule has 0 saturated heterocycles. The zero-order valence-corrected chi connectivity index (χ0v) is 39.0. The summed E-state index contributed by atoms with van der Waals surface area (Å²) in [6.07, 6.45) is 12.7. The minimum Gasteiger partial charge on any atom is -0.497 e. The molecule has 326 valence electrons. The van der Waals surface area contributed by atoms with Gasteiger partial charge in [0.05, 0.1) is 21.3 Å². The van der Waals surface area contributed by atoms with Crippen LogP contribution in [0.1, 0.15) is 114 Å². The van der Waals surface area contributed by atoms with Crippen molar-refractivity contribution in [1.29, 1.82) is 0 Å². The van der Waals surface area contributed by atoms with Gasteiger partial charge >= 0.3 is 0 Å². The van der Waals surface area contributed by atoms with Crippen LogP contribution in [0.5, 0.6) is 23.0 Å². The minimum absolute atomic E-state index is 0.115. The summed E-state index contributed by atoms with van der Waals surface area (Å²) in [6, 6.07) is 39.7. The topological polar surface area (TPSA) is 40.2 Å². The lowest BCUT2D eigenvalue weighted by Crippen LogP contribution is -2.44. The second-order valence-electron chi connectivity index (χ2n) is 19.9. The summed E-state index contributed by atoms with van der Waals surface area (Å²) in [5.74, 6) is 3.36. The third-order valence-corrected chi connectivity index (χ3v) is 14.2. The van der Waals surface area contributed by atoms with Gasteiger partial charge in [0.1, 0.15) is 23.0 Å². The first-order valence-corrected chi connectivity index (χ1v) is 23.2. The van der Waals surface area contributed by atoms with E-state index in [-0.39, 0.29) is 16.2 Å². The molecule has 1 aliphatic heterocycles. The van der Waals surface area contributed by atoms with Crippen molar-refractivity contribution in [3.63, 3.8) is 0 Å². The van der Waals surface area contributed by atoms with Gasteiger partial charge in [-0.25, -0.2) is 0 Å². The van der Waals surface area contributed by atoms with Crippen molar-refractivity contribution in [2.24, 2.45) is 10.8 Å². The van der Waals surface area contributed by atoms with Gasteiger partial charge in [0.2, 0.25) is 0 Å². The molecule has 2 aliphatic carbocycles. The van der Waals surface area contributed by atoms with Crippen LogP contribution in [-0.4, -0.2) is 34.4 Å². The highest BCUT2D eigenvalue weighted by molar-refractivity contribution is 6.10. The third kappa shape index (κ3) is 7.35. The van der Waals surface area contributed by atoms with Crippen molar-refractivity contribution in [1.82, 2.24) is 0 Å². The van der Waals surface area contributed by atoms with Gasteiger partial charge in [-0.15, -0.1) is 0 Å². The number of hydrogen-bond donors (Lipinski definition) is 0. The van der Waals surface area contributed by atoms with Gasteiger partial charge in [0, 0.05) is 51.8 Å². The lowest BCUT2D eigenvalue weighted by molar-refractivity contribution is 0.0642. The van der Waals surface area contributed by atoms with Crippen molar-refractivity contribution >= 4 is 22.5 Å². The van der Waals surface area contributed by atoms with Crippen LogP contribution >= 0.6 is 0 Å². The van der Waals surface area contributed by atoms with Gasteiger partial charge in [-0.2, -0.15) is 0 Å². The maximum atomic E-state index is 7.89. The first kappa shape index (κ1) is 42.6. The first-order chi connectivity index (χ1) is 30.4. The Bertz CT molecular complexity index is 2580. The quantitative estimate of drug-likeness (QED) is 0.116. The number of hydrogen-bond acceptors (Lipinski definition) is 5. The predicted molar refractivity (Wildman–Crippen MR) is 262 cm³/mol. The highest BCUT2D eigenvalue weighted by Crippen LogP contribution is 2.67. The van der Waals surface area contributed by atoms with Crippen molar-refractivity contribution in [2.45, 2.75) is 97.5 Å². The highest BCUT2D eigenvalue weighted by Gasteiger charge is 2.55. The minimum atomic E-state index is -0.946. The highest BCUT2D eigenvalue weighted by atomic mass is 16.5. The largest absolute Gasteiger partial charge is 0.497 e. The number of anilines is 1. The van der Waals surface area contributed by atoms with E-state index >= 15 is 0 Å². The molecule has 1 saturated carbocycles. The second kappa shape index (κ2) is 16.5. The van der Waals surface area contributed by atoms with Crippen molar-refractivity contribution < 1.29 is 18.9 Å². The number of ether oxygens (including phenoxy) is 4. The average Bonchev–Trinajstić information content (AvgIpc) is 3.55. The summed E-state index contributed by atoms with van der Waals surface area (Å²) in [7, 11) is 5.24. The van der Waals surface area contributed by atoms with E-state index in [1.165, 1.54) is 65.6 Å². The number of rotatable bonds is 13. The molecule has 0 atom stereocenters. The van der Waals surface area contributed by atoms with E-state index in [1.807, 2.05) is 31.4 Å². The summed E-state index contributed by atoms with van der Waals surface area (Å²) < 4.78 is 25.6. The van der Waals surface area contributed by atoms with Gasteiger partial charge in [-0.05, 0) is 131 Å². The molecule has 5 nitrogen and oxygen atoms in total. The summed E-state index contributed by atoms with van der Waals surface area (Å²) in [5, 5.41) is 2.23. The van der Waals surface area contributed by atoms with Crippen LogP contribution in [0, 0.1) is 10.8 Å². The summed E-state index contributed by atoms with van der Waals surface area (Å²) in [4.78, 5) is 2.55. The lowest BCUT2D eigenvalue weighted by atomic mass is 9.52. The van der Waals surface area contributed by atoms with Crippen LogP contribution in [0.2, 0.25) is 0 Å². The monoisotopic (exact) mass is 839 g/mol. The van der Waals surface area contributed by atoms with E-state index < -0.39 is 5.60 Å². The van der Waals surface area contributed by atoms with E-state index in [2.05, 4.69) is 144 Å². The Morgan fingerprint density at radius 3 is 1.76 bits per heavy atom. The fourth-order valence-corrected chi connectivity index (χ4v) is 12.1. The maximum absolute atomic E-state index is 7.89. The molecule has 1 heterocycles. The van der Waals surface area contributed by atoms with E-state index in [1.54, 1.807) is 14.2 Å². The van der Waals surface area contributed by atoms with Crippen molar-refractivity contribution in [3.8, 4) is 45.3 Å². The number of nitrogens with zero attached hydrogens (tertiary/aromatic N) is 1. The molecule has 0 amide bonds. The SMILES string of the molecule is CCCCN(CCCC)c1ccc(-c2cc3c4c(c5c(c3cc2OC)-c2ccccc2C52CC(C)(C)CC(C)(C)C2)C=CC(c2ccc(OC)cc2)(c2ccc(OC)cc2)O4)cc1. The van der Waals surface area contributed by atoms with E-state index in [4.69, 9.17) is 18.9 Å². The Kier molecular flexibility index (Phi) is 11.1. The molecule has 0 aromatic heterocycles. The van der Waals surface area contributed by atoms with Crippen LogP contribution in [0.25, 0.3) is 39.1 Å². The zero-order chi connectivity index (χ0) is 44.1. The average molecular weight is 840 g/mol. The number of benzene rings is 6. The molecular weight excluding hydrogens is 775 g/mol. The molecule has 0 bridgehead atoms. The van der Waals surface area contributed by atoms with Crippen LogP contribution in [0.15, 0.2) is 115 Å². The summed E-state index contributed by atoms with van der Waals surface area (Å²) in [5.41, 5.74) is 11.2. The Morgan fingerprint density at radius 1 is 0.619 bits per heavy atom. The van der Waals surface area contributed by atoms with Gasteiger partial charge in [-0.3, -0.25) is 0 Å². The molecule has 3 aliphatic rings. The first-order valence-electron chi connectivity index (χ1n) is 23.2. The summed E-state index contributed by atoms with van der Waals surface area (Å²) >= 11 is 0. The fourth-order valence-electron chi connectivity index (χ4n) is 12.1. The third-order valence-electron chi connectivity index (χ3n) is 14.2. The molecule has 6 aromatic carbocycles. The Labute approximate surface area is 376 Å². The number of unbranched alkanes of at least 4 members (excludes halogenated alkanes) is 2. The molecule has 9 rings (SSSR count). The van der Waals surface area contributed by atoms with Gasteiger partial charge in [0.15, 0.2) is 5.60 Å². The van der Waals surface area contributed by atoms with Gasteiger partial charge in [-0.1, -0.05) is 121 Å². The molecule has 0 N–H and O–H groups in total. The molecule has 6 aromatic rings. The molecule has 0 radical (unpaired) electrons. The summed E-state index contributed by atoms with van der Waals surface area (Å²) in [6.45, 7) is 16.6. The fraction of sp³-hybridized carbons (Fsp3) is 0.379. The lowest BCUT2D eigenvalue weighted by Gasteiger charge is -2.52.